The quantitative estimate of drug-likeness (QED) is 0.406. The van der Waals surface area contributed by atoms with Gasteiger partial charge >= 0.3 is 0 Å². The lowest BCUT2D eigenvalue weighted by Crippen LogP contribution is -2.20. The molecule has 0 aromatic heterocycles. The lowest BCUT2D eigenvalue weighted by molar-refractivity contribution is -0.120. The van der Waals surface area contributed by atoms with E-state index in [0.717, 1.165) is 11.2 Å². The van der Waals surface area contributed by atoms with Gasteiger partial charge in [-0.3, -0.25) is 4.79 Å². The summed E-state index contributed by atoms with van der Waals surface area (Å²) >= 11 is 1.58. The monoisotopic (exact) mass is 254 g/mol. The molecule has 17 heavy (non-hydrogen) atoms. The first-order valence-electron chi connectivity index (χ1n) is 5.72. The molecule has 1 rings (SSSR count). The molecular weight excluding hydrogens is 236 g/mol. The molecule has 0 aliphatic carbocycles. The molecule has 0 atom stereocenters. The molecule has 3 nitrogen and oxygen atoms in total. The lowest BCUT2D eigenvalue weighted by atomic mass is 10.2. The van der Waals surface area contributed by atoms with Gasteiger partial charge in [-0.25, -0.2) is 0 Å². The summed E-state index contributed by atoms with van der Waals surface area (Å²) in [5.41, 5.74) is 0.712. The zero-order valence-electron chi connectivity index (χ0n) is 10.2. The van der Waals surface area contributed by atoms with Crippen molar-refractivity contribution in [2.75, 3.05) is 19.0 Å². The molecule has 0 aliphatic heterocycles. The highest BCUT2D eigenvalue weighted by Crippen LogP contribution is 2.23. The van der Waals surface area contributed by atoms with E-state index in [4.69, 9.17) is 9.47 Å². The van der Waals surface area contributed by atoms with Gasteiger partial charge in [-0.15, -0.1) is 11.8 Å². The number of carbonyl (C=O) groups excluding carboxylic acids is 1. The maximum atomic E-state index is 10.8. The first-order valence-corrected chi connectivity index (χ1v) is 6.70. The second-order valence-corrected chi connectivity index (χ2v) is 4.37. The SMILES string of the molecule is CCOC(CSc1ccccc1C=O)OCC. The third kappa shape index (κ3) is 4.89. The Kier molecular flexibility index (Phi) is 6.93. The van der Waals surface area contributed by atoms with Gasteiger partial charge in [0, 0.05) is 29.4 Å². The normalized spacial score (nSPS) is 10.8. The molecule has 0 fully saturated rings. The zero-order valence-corrected chi connectivity index (χ0v) is 11.0. The molecule has 0 bridgehead atoms. The fourth-order valence-corrected chi connectivity index (χ4v) is 2.35. The average molecular weight is 254 g/mol. The number of aldehydes is 1. The topological polar surface area (TPSA) is 35.5 Å². The Morgan fingerprint density at radius 1 is 1.24 bits per heavy atom. The van der Waals surface area contributed by atoms with E-state index in [1.807, 2.05) is 38.1 Å². The van der Waals surface area contributed by atoms with Crippen LogP contribution >= 0.6 is 11.8 Å². The highest BCUT2D eigenvalue weighted by atomic mass is 32.2. The van der Waals surface area contributed by atoms with E-state index in [0.29, 0.717) is 24.5 Å². The van der Waals surface area contributed by atoms with Gasteiger partial charge in [0.15, 0.2) is 12.6 Å². The van der Waals surface area contributed by atoms with Crippen molar-refractivity contribution in [1.29, 1.82) is 0 Å². The van der Waals surface area contributed by atoms with Crippen molar-refractivity contribution in [3.05, 3.63) is 29.8 Å². The minimum atomic E-state index is -0.213. The second kappa shape index (κ2) is 8.28. The minimum absolute atomic E-state index is 0.213. The van der Waals surface area contributed by atoms with Crippen molar-refractivity contribution < 1.29 is 14.3 Å². The molecule has 4 heteroatoms. The second-order valence-electron chi connectivity index (χ2n) is 3.31. The summed E-state index contributed by atoms with van der Waals surface area (Å²) in [6, 6.07) is 7.52. The van der Waals surface area contributed by atoms with Crippen LogP contribution in [-0.4, -0.2) is 31.5 Å². The van der Waals surface area contributed by atoms with Crippen LogP contribution in [0.5, 0.6) is 0 Å². The molecule has 0 aliphatic rings. The van der Waals surface area contributed by atoms with E-state index in [1.54, 1.807) is 11.8 Å². The van der Waals surface area contributed by atoms with Gasteiger partial charge in [0.25, 0.3) is 0 Å². The third-order valence-electron chi connectivity index (χ3n) is 2.13. The fourth-order valence-electron chi connectivity index (χ4n) is 1.38. The van der Waals surface area contributed by atoms with Crippen LogP contribution in [0.1, 0.15) is 24.2 Å². The van der Waals surface area contributed by atoms with Gasteiger partial charge in [-0.1, -0.05) is 18.2 Å². The first kappa shape index (κ1) is 14.2. The van der Waals surface area contributed by atoms with Crippen LogP contribution in [-0.2, 0) is 9.47 Å². The molecule has 0 unspecified atom stereocenters. The molecule has 0 heterocycles. The summed E-state index contributed by atoms with van der Waals surface area (Å²) in [5.74, 6) is 0.687. The maximum absolute atomic E-state index is 10.8. The molecule has 94 valence electrons. The molecule has 0 amide bonds. The van der Waals surface area contributed by atoms with Gasteiger partial charge in [-0.05, 0) is 19.9 Å². The summed E-state index contributed by atoms with van der Waals surface area (Å²) in [7, 11) is 0. The summed E-state index contributed by atoms with van der Waals surface area (Å²) in [6.45, 7) is 5.13. The molecule has 1 aromatic rings. The van der Waals surface area contributed by atoms with Crippen molar-refractivity contribution in [2.24, 2.45) is 0 Å². The molecular formula is C13H18O3S. The highest BCUT2D eigenvalue weighted by Gasteiger charge is 2.10. The Bertz CT molecular complexity index is 335. The summed E-state index contributed by atoms with van der Waals surface area (Å²) in [5, 5.41) is 0. The Morgan fingerprint density at radius 2 is 1.88 bits per heavy atom. The smallest absolute Gasteiger partial charge is 0.166 e. The molecule has 0 radical (unpaired) electrons. The number of benzene rings is 1. The van der Waals surface area contributed by atoms with Gasteiger partial charge in [-0.2, -0.15) is 0 Å². The van der Waals surface area contributed by atoms with Crippen molar-refractivity contribution in [1.82, 2.24) is 0 Å². The van der Waals surface area contributed by atoms with Gasteiger partial charge < -0.3 is 9.47 Å². The lowest BCUT2D eigenvalue weighted by Gasteiger charge is -2.16. The van der Waals surface area contributed by atoms with Crippen LogP contribution in [0.3, 0.4) is 0 Å². The zero-order chi connectivity index (χ0) is 12.5. The number of rotatable bonds is 8. The molecule has 0 saturated carbocycles. The van der Waals surface area contributed by atoms with E-state index < -0.39 is 0 Å². The largest absolute Gasteiger partial charge is 0.352 e. The minimum Gasteiger partial charge on any atom is -0.352 e. The molecule has 0 N–H and O–H groups in total. The number of carbonyl (C=O) groups is 1. The maximum Gasteiger partial charge on any atom is 0.166 e. The van der Waals surface area contributed by atoms with Crippen LogP contribution in [0.15, 0.2) is 29.2 Å². The van der Waals surface area contributed by atoms with Crippen LogP contribution in [0.25, 0.3) is 0 Å². The van der Waals surface area contributed by atoms with Crippen LogP contribution in [0, 0.1) is 0 Å². The van der Waals surface area contributed by atoms with Crippen molar-refractivity contribution in [3.63, 3.8) is 0 Å². The van der Waals surface area contributed by atoms with E-state index in [-0.39, 0.29) is 6.29 Å². The Morgan fingerprint density at radius 3 is 2.47 bits per heavy atom. The van der Waals surface area contributed by atoms with Crippen LogP contribution in [0.2, 0.25) is 0 Å². The van der Waals surface area contributed by atoms with Gasteiger partial charge in [0.1, 0.15) is 0 Å². The highest BCUT2D eigenvalue weighted by molar-refractivity contribution is 7.99. The number of thioether (sulfide) groups is 1. The first-order chi connectivity index (χ1) is 8.31. The average Bonchev–Trinajstić information content (AvgIpc) is 2.37. The van der Waals surface area contributed by atoms with Gasteiger partial charge in [0.2, 0.25) is 0 Å². The third-order valence-corrected chi connectivity index (χ3v) is 3.25. The number of hydrogen-bond donors (Lipinski definition) is 0. The molecule has 1 aromatic carbocycles. The fraction of sp³-hybridized carbons (Fsp3) is 0.462. The van der Waals surface area contributed by atoms with Crippen LogP contribution in [0.4, 0.5) is 0 Å². The molecule has 0 saturated heterocycles. The van der Waals surface area contributed by atoms with Crippen LogP contribution < -0.4 is 0 Å². The Balaban J connectivity index is 2.55. The van der Waals surface area contributed by atoms with Crippen molar-refractivity contribution in [2.45, 2.75) is 25.0 Å². The molecule has 0 spiro atoms. The van der Waals surface area contributed by atoms with E-state index in [9.17, 15) is 4.79 Å². The van der Waals surface area contributed by atoms with E-state index >= 15 is 0 Å². The Hall–Kier alpha value is -0.840. The van der Waals surface area contributed by atoms with Gasteiger partial charge in [0.05, 0.1) is 0 Å². The summed E-state index contributed by atoms with van der Waals surface area (Å²) in [6.07, 6.45) is 0.660. The predicted octanol–water partition coefficient (Wildman–Crippen LogP) is 2.99. The number of hydrogen-bond acceptors (Lipinski definition) is 4. The standard InChI is InChI=1S/C13H18O3S/c1-3-15-13(16-4-2)10-17-12-8-6-5-7-11(12)9-14/h5-9,13H,3-4,10H2,1-2H3. The van der Waals surface area contributed by atoms with E-state index in [2.05, 4.69) is 0 Å². The number of ether oxygens (including phenoxy) is 2. The Labute approximate surface area is 106 Å². The summed E-state index contributed by atoms with van der Waals surface area (Å²) in [4.78, 5) is 11.8. The van der Waals surface area contributed by atoms with E-state index in [1.165, 1.54) is 0 Å². The predicted molar refractivity (Wildman–Crippen MR) is 69.6 cm³/mol. The van der Waals surface area contributed by atoms with Crippen molar-refractivity contribution in [3.8, 4) is 0 Å². The summed E-state index contributed by atoms with van der Waals surface area (Å²) < 4.78 is 10.9. The van der Waals surface area contributed by atoms with Crippen molar-refractivity contribution >= 4 is 18.0 Å².